The minimum Gasteiger partial charge on any atom is -0.487 e. The number of amides is 1. The van der Waals surface area contributed by atoms with Gasteiger partial charge < -0.3 is 18.8 Å². The highest BCUT2D eigenvalue weighted by molar-refractivity contribution is 5.92. The third-order valence-corrected chi connectivity index (χ3v) is 10.4. The first-order valence-corrected chi connectivity index (χ1v) is 16.2. The van der Waals surface area contributed by atoms with Gasteiger partial charge in [-0.25, -0.2) is 0 Å². The monoisotopic (exact) mass is 594 g/mol. The standard InChI is InChI=1S/C37H42N2O5/c1-24(2)22-39(34(41)14-9-27-16-20-42-23-27)30-11-10-29-31-21-28-32(43-25(3)40)12-13-33-35(28)37(29,36(30)44-33)17-19-38(31)18-15-26-7-5-4-6-8-26/h4-9,12-14,16,20,23-24,29-31,36H,10-11,15,17-19,21-22H2,1-3H3/t29-,30-,31+,36+,37-/m0/s1. The summed E-state index contributed by atoms with van der Waals surface area (Å²) in [7, 11) is 0. The molecule has 7 rings (SSSR count). The van der Waals surface area contributed by atoms with E-state index in [2.05, 4.69) is 54.0 Å². The molecule has 2 bridgehead atoms. The zero-order chi connectivity index (χ0) is 30.4. The Hall–Kier alpha value is -3.84. The van der Waals surface area contributed by atoms with Gasteiger partial charge in [0.1, 0.15) is 17.6 Å². The summed E-state index contributed by atoms with van der Waals surface area (Å²) in [6.07, 6.45) is 11.4. The molecule has 1 spiro atoms. The van der Waals surface area contributed by atoms with Gasteiger partial charge in [-0.2, -0.15) is 0 Å². The lowest BCUT2D eigenvalue weighted by atomic mass is 9.50. The molecule has 2 aromatic carbocycles. The van der Waals surface area contributed by atoms with Crippen molar-refractivity contribution in [1.29, 1.82) is 0 Å². The Bertz CT molecular complexity index is 1550. The molecule has 1 aromatic heterocycles. The van der Waals surface area contributed by atoms with E-state index in [1.807, 2.05) is 24.3 Å². The van der Waals surface area contributed by atoms with Crippen LogP contribution in [0, 0.1) is 11.8 Å². The summed E-state index contributed by atoms with van der Waals surface area (Å²) in [5.41, 5.74) is 4.35. The summed E-state index contributed by atoms with van der Waals surface area (Å²) in [4.78, 5) is 30.8. The van der Waals surface area contributed by atoms with E-state index in [1.54, 1.807) is 18.6 Å². The second kappa shape index (κ2) is 11.6. The molecule has 1 saturated carbocycles. The number of benzene rings is 2. The number of piperidine rings is 1. The Kier molecular flexibility index (Phi) is 7.61. The predicted molar refractivity (Wildman–Crippen MR) is 168 cm³/mol. The van der Waals surface area contributed by atoms with Crippen molar-refractivity contribution in [2.75, 3.05) is 19.6 Å². The van der Waals surface area contributed by atoms with E-state index in [1.165, 1.54) is 18.1 Å². The molecular formula is C37H42N2O5. The summed E-state index contributed by atoms with van der Waals surface area (Å²) in [5.74, 6) is 1.99. The van der Waals surface area contributed by atoms with E-state index in [0.717, 1.165) is 62.1 Å². The van der Waals surface area contributed by atoms with Crippen LogP contribution >= 0.6 is 0 Å². The molecule has 7 nitrogen and oxygen atoms in total. The van der Waals surface area contributed by atoms with Crippen molar-refractivity contribution in [3.05, 3.63) is 89.4 Å². The third-order valence-electron chi connectivity index (χ3n) is 10.4. The maximum atomic E-state index is 13.9. The van der Waals surface area contributed by atoms with Gasteiger partial charge in [0.15, 0.2) is 0 Å². The Morgan fingerprint density at radius 2 is 1.98 bits per heavy atom. The van der Waals surface area contributed by atoms with E-state index in [4.69, 9.17) is 13.9 Å². The summed E-state index contributed by atoms with van der Waals surface area (Å²) in [6, 6.07) is 16.7. The minimum atomic E-state index is -0.304. The van der Waals surface area contributed by atoms with Crippen LogP contribution in [0.5, 0.6) is 11.5 Å². The van der Waals surface area contributed by atoms with Gasteiger partial charge in [0.25, 0.3) is 0 Å². The molecule has 0 unspecified atom stereocenters. The maximum Gasteiger partial charge on any atom is 0.308 e. The van der Waals surface area contributed by atoms with E-state index < -0.39 is 0 Å². The predicted octanol–water partition coefficient (Wildman–Crippen LogP) is 6.05. The van der Waals surface area contributed by atoms with Gasteiger partial charge in [-0.1, -0.05) is 44.2 Å². The van der Waals surface area contributed by atoms with E-state index >= 15 is 0 Å². The van der Waals surface area contributed by atoms with Crippen LogP contribution in [-0.4, -0.2) is 59.5 Å². The quantitative estimate of drug-likeness (QED) is 0.171. The lowest BCUT2D eigenvalue weighted by Gasteiger charge is -2.60. The van der Waals surface area contributed by atoms with Crippen LogP contribution in [-0.2, 0) is 27.8 Å². The number of esters is 1. The van der Waals surface area contributed by atoms with Gasteiger partial charge in [0.05, 0.1) is 18.6 Å². The van der Waals surface area contributed by atoms with E-state index in [9.17, 15) is 9.59 Å². The second-order valence-corrected chi connectivity index (χ2v) is 13.4. The number of likely N-dealkylation sites (tertiary alicyclic amines) is 1. The van der Waals surface area contributed by atoms with Gasteiger partial charge in [0, 0.05) is 54.2 Å². The molecule has 0 N–H and O–H groups in total. The number of ether oxygens (including phenoxy) is 2. The maximum absolute atomic E-state index is 13.9. The molecule has 44 heavy (non-hydrogen) atoms. The molecule has 7 heteroatoms. The van der Waals surface area contributed by atoms with Gasteiger partial charge in [-0.05, 0) is 80.3 Å². The Balaban J connectivity index is 1.26. The number of carbonyl (C=O) groups excluding carboxylic acids is 2. The zero-order valence-electron chi connectivity index (χ0n) is 25.9. The summed E-state index contributed by atoms with van der Waals surface area (Å²) in [5, 5.41) is 0. The average molecular weight is 595 g/mol. The van der Waals surface area contributed by atoms with Gasteiger partial charge >= 0.3 is 5.97 Å². The van der Waals surface area contributed by atoms with Crippen molar-refractivity contribution in [3.63, 3.8) is 0 Å². The first-order chi connectivity index (χ1) is 21.3. The third kappa shape index (κ3) is 4.95. The van der Waals surface area contributed by atoms with E-state index in [-0.39, 0.29) is 29.4 Å². The average Bonchev–Trinajstić information content (AvgIpc) is 3.65. The number of furan rings is 1. The van der Waals surface area contributed by atoms with Crippen molar-refractivity contribution in [2.45, 2.75) is 76.5 Å². The molecule has 2 aliphatic heterocycles. The molecule has 230 valence electrons. The summed E-state index contributed by atoms with van der Waals surface area (Å²) < 4.78 is 18.0. The smallest absolute Gasteiger partial charge is 0.308 e. The largest absolute Gasteiger partial charge is 0.487 e. The highest BCUT2D eigenvalue weighted by Gasteiger charge is 2.66. The molecule has 1 saturated heterocycles. The minimum absolute atomic E-state index is 0.00721. The fourth-order valence-electron chi connectivity index (χ4n) is 8.78. The van der Waals surface area contributed by atoms with Crippen molar-refractivity contribution in [2.24, 2.45) is 11.8 Å². The number of carbonyl (C=O) groups is 2. The van der Waals surface area contributed by atoms with Crippen LogP contribution in [0.2, 0.25) is 0 Å². The molecule has 3 heterocycles. The molecule has 0 radical (unpaired) electrons. The van der Waals surface area contributed by atoms with Crippen LogP contribution < -0.4 is 9.47 Å². The van der Waals surface area contributed by atoms with Crippen LogP contribution in [0.4, 0.5) is 0 Å². The molecule has 3 aromatic rings. The second-order valence-electron chi connectivity index (χ2n) is 13.4. The molecule has 2 fully saturated rings. The fraction of sp³-hybridized carbons (Fsp3) is 0.459. The van der Waals surface area contributed by atoms with Crippen molar-refractivity contribution in [3.8, 4) is 11.5 Å². The first kappa shape index (κ1) is 28.9. The molecular weight excluding hydrogens is 552 g/mol. The Morgan fingerprint density at radius 3 is 2.73 bits per heavy atom. The Labute approximate surface area is 259 Å². The first-order valence-electron chi connectivity index (χ1n) is 16.2. The molecule has 5 atom stereocenters. The zero-order valence-corrected chi connectivity index (χ0v) is 25.9. The van der Waals surface area contributed by atoms with Crippen LogP contribution in [0.3, 0.4) is 0 Å². The number of rotatable bonds is 9. The highest BCUT2D eigenvalue weighted by atomic mass is 16.5. The fourth-order valence-corrected chi connectivity index (χ4v) is 8.78. The number of nitrogens with zero attached hydrogens (tertiary/aromatic N) is 2. The van der Waals surface area contributed by atoms with Gasteiger partial charge in [-0.15, -0.1) is 0 Å². The summed E-state index contributed by atoms with van der Waals surface area (Å²) in [6.45, 7) is 8.44. The normalized spacial score (nSPS) is 26.8. The SMILES string of the molecule is CC(=O)Oc1ccc2c3c1C[C@@H]1[C@@H]4CC[C@H](N(CC(C)C)C(=O)C=Cc5ccoc5)[C@@H](O2)[C@]34CCN1CCc1ccccc1. The van der Waals surface area contributed by atoms with Crippen molar-refractivity contribution >= 4 is 18.0 Å². The lowest BCUT2D eigenvalue weighted by molar-refractivity contribution is -0.138. The molecule has 4 aliphatic rings. The van der Waals surface area contributed by atoms with Gasteiger partial charge in [-0.3, -0.25) is 14.5 Å². The van der Waals surface area contributed by atoms with Crippen molar-refractivity contribution in [1.82, 2.24) is 9.80 Å². The van der Waals surface area contributed by atoms with Crippen molar-refractivity contribution < 1.29 is 23.5 Å². The number of hydrogen-bond donors (Lipinski definition) is 0. The summed E-state index contributed by atoms with van der Waals surface area (Å²) >= 11 is 0. The molecule has 2 aliphatic carbocycles. The van der Waals surface area contributed by atoms with Crippen LogP contribution in [0.15, 0.2) is 71.6 Å². The van der Waals surface area contributed by atoms with Gasteiger partial charge in [0.2, 0.25) is 5.91 Å². The van der Waals surface area contributed by atoms with Crippen LogP contribution in [0.25, 0.3) is 6.08 Å². The highest BCUT2D eigenvalue weighted by Crippen LogP contribution is 2.64. The Morgan fingerprint density at radius 1 is 1.14 bits per heavy atom. The van der Waals surface area contributed by atoms with E-state index in [0.29, 0.717) is 30.2 Å². The van der Waals surface area contributed by atoms with Crippen LogP contribution in [0.1, 0.15) is 62.3 Å². The molecule has 1 amide bonds. The number of hydrogen-bond acceptors (Lipinski definition) is 6. The lowest BCUT2D eigenvalue weighted by Crippen LogP contribution is -2.69. The topological polar surface area (TPSA) is 72.2 Å².